The van der Waals surface area contributed by atoms with Crippen molar-refractivity contribution in [2.75, 3.05) is 18.8 Å². The van der Waals surface area contributed by atoms with E-state index in [2.05, 4.69) is 45.5 Å². The number of aliphatic carboxylic acids is 2. The molecule has 0 saturated carbocycles. The van der Waals surface area contributed by atoms with E-state index in [1.165, 1.54) is 33.6 Å². The van der Waals surface area contributed by atoms with Crippen LogP contribution in [0.4, 0.5) is 5.69 Å². The minimum atomic E-state index is -1.14. The fraction of sp³-hybridized carbons (Fsp3) is 0.212. The Hall–Kier alpha value is -4.41. The smallest absolute Gasteiger partial charge is 0.320 e. The molecule has 15 heteroatoms. The van der Waals surface area contributed by atoms with Gasteiger partial charge in [-0.1, -0.05) is 24.3 Å². The molecule has 0 aliphatic heterocycles. The van der Waals surface area contributed by atoms with Crippen LogP contribution in [0.5, 0.6) is 0 Å². The minimum absolute atomic E-state index is 0.0357. The lowest BCUT2D eigenvalue weighted by Crippen LogP contribution is -2.32. The second-order valence-electron chi connectivity index (χ2n) is 10.5. The molecule has 6 aromatic rings. The summed E-state index contributed by atoms with van der Waals surface area (Å²) in [4.78, 5) is 44.9. The quantitative estimate of drug-likeness (QED) is 0.0464. The number of carboxylic acids is 2. The van der Waals surface area contributed by atoms with Gasteiger partial charge in [0.2, 0.25) is 0 Å². The first-order valence-electron chi connectivity index (χ1n) is 14.5. The standard InChI is InChI=1S/C12H13N3O4S.C12H14N2O2S.C9H9NS/c1-20-9-3-2-8(15(18)19)10-6(5-14-11(9)10)4-7(13)12(16)17;1-17-10-4-2-3-8-7(6-14-11(8)10)5-9(13)12(15)16;1-11-8-4-2-3-7-5-6-10-9(7)8/h2-3,5,7,14H,4,13H2,1H3,(H,16,17);2-4,6,9,14H,5,13H2,1H3,(H,15,16);2-6,10H,1H3/t7-;9-;/m00./s1. The first-order chi connectivity index (χ1) is 23.0. The number of nitrogens with two attached hydrogens (primary N) is 2. The van der Waals surface area contributed by atoms with E-state index < -0.39 is 28.9 Å². The number of aromatic amines is 3. The van der Waals surface area contributed by atoms with Crippen LogP contribution in [0.1, 0.15) is 11.1 Å². The van der Waals surface area contributed by atoms with Crippen LogP contribution in [0, 0.1) is 10.1 Å². The molecule has 252 valence electrons. The SMILES string of the molecule is CSc1ccc([N+](=O)[O-])c2c(C[C@H](N)C(=O)O)c[nH]c12.CSc1cccc2c(C[C@H](N)C(=O)O)c[nH]c12.CSc1cccc2cc[nH]c12. The zero-order valence-electron chi connectivity index (χ0n) is 26.4. The van der Waals surface area contributed by atoms with Crippen molar-refractivity contribution in [3.05, 3.63) is 94.4 Å². The van der Waals surface area contributed by atoms with E-state index in [9.17, 15) is 19.7 Å². The van der Waals surface area contributed by atoms with Gasteiger partial charge in [-0.15, -0.1) is 35.3 Å². The van der Waals surface area contributed by atoms with E-state index in [0.29, 0.717) is 22.9 Å². The summed E-state index contributed by atoms with van der Waals surface area (Å²) in [6.45, 7) is 0. The molecule has 12 nitrogen and oxygen atoms in total. The average Bonchev–Trinajstić information content (AvgIpc) is 3.84. The molecule has 3 heterocycles. The van der Waals surface area contributed by atoms with Gasteiger partial charge >= 0.3 is 11.9 Å². The second kappa shape index (κ2) is 16.6. The predicted molar refractivity (Wildman–Crippen MR) is 196 cm³/mol. The summed E-state index contributed by atoms with van der Waals surface area (Å²) in [6.07, 6.45) is 11.7. The molecule has 9 N–H and O–H groups in total. The normalized spacial score (nSPS) is 12.2. The molecule has 0 saturated heterocycles. The van der Waals surface area contributed by atoms with Crippen molar-refractivity contribution in [3.8, 4) is 0 Å². The van der Waals surface area contributed by atoms with Crippen molar-refractivity contribution in [3.63, 3.8) is 0 Å². The summed E-state index contributed by atoms with van der Waals surface area (Å²) < 4.78 is 0. The number of nitrogens with one attached hydrogen (secondary N) is 3. The Kier molecular flexibility index (Phi) is 12.6. The number of nitrogens with zero attached hydrogens (tertiary/aromatic N) is 1. The number of non-ortho nitro benzene ring substituents is 1. The highest BCUT2D eigenvalue weighted by Gasteiger charge is 2.22. The van der Waals surface area contributed by atoms with Crippen molar-refractivity contribution in [2.45, 2.75) is 39.6 Å². The van der Waals surface area contributed by atoms with Crippen LogP contribution in [-0.4, -0.2) is 72.9 Å². The lowest BCUT2D eigenvalue weighted by Gasteiger charge is -2.06. The van der Waals surface area contributed by atoms with Gasteiger partial charge in [0.15, 0.2) is 0 Å². The van der Waals surface area contributed by atoms with E-state index >= 15 is 0 Å². The fourth-order valence-electron chi connectivity index (χ4n) is 5.15. The zero-order valence-corrected chi connectivity index (χ0v) is 28.8. The number of aromatic nitrogens is 3. The van der Waals surface area contributed by atoms with Gasteiger partial charge in [0.1, 0.15) is 12.1 Å². The Bertz CT molecular complexity index is 2060. The molecule has 3 aromatic heterocycles. The monoisotopic (exact) mass is 708 g/mol. The Morgan fingerprint density at radius 3 is 1.90 bits per heavy atom. The van der Waals surface area contributed by atoms with Gasteiger partial charge in [0.25, 0.3) is 5.69 Å². The first-order valence-corrected chi connectivity index (χ1v) is 18.2. The molecule has 3 aromatic carbocycles. The number of hydrogen-bond acceptors (Lipinski definition) is 9. The van der Waals surface area contributed by atoms with E-state index in [1.54, 1.807) is 35.8 Å². The molecular weight excluding hydrogens is 673 g/mol. The van der Waals surface area contributed by atoms with E-state index in [0.717, 1.165) is 26.3 Å². The van der Waals surface area contributed by atoms with Gasteiger partial charge < -0.3 is 36.6 Å². The molecule has 0 aliphatic carbocycles. The molecule has 0 spiro atoms. The Morgan fingerprint density at radius 2 is 1.29 bits per heavy atom. The van der Waals surface area contributed by atoms with Crippen molar-refractivity contribution >= 4 is 85.6 Å². The maximum atomic E-state index is 11.1. The third-order valence-electron chi connectivity index (χ3n) is 7.54. The predicted octanol–water partition coefficient (Wildman–Crippen LogP) is 6.49. The van der Waals surface area contributed by atoms with E-state index in [4.69, 9.17) is 21.7 Å². The second-order valence-corrected chi connectivity index (χ2v) is 13.0. The maximum absolute atomic E-state index is 11.1. The fourth-order valence-corrected chi connectivity index (χ4v) is 6.91. The van der Waals surface area contributed by atoms with E-state index in [-0.39, 0.29) is 12.1 Å². The van der Waals surface area contributed by atoms with Crippen molar-refractivity contribution in [2.24, 2.45) is 11.5 Å². The Balaban J connectivity index is 0.000000169. The number of hydrogen-bond donors (Lipinski definition) is 7. The highest BCUT2D eigenvalue weighted by atomic mass is 32.2. The minimum Gasteiger partial charge on any atom is -0.480 e. The molecule has 2 atom stereocenters. The Labute approximate surface area is 288 Å². The van der Waals surface area contributed by atoms with Crippen molar-refractivity contribution in [1.29, 1.82) is 0 Å². The number of nitro groups is 1. The number of carbonyl (C=O) groups is 2. The number of carboxylic acid groups (broad SMARTS) is 2. The lowest BCUT2D eigenvalue weighted by atomic mass is 10.0. The number of benzene rings is 3. The van der Waals surface area contributed by atoms with Gasteiger partial charge in [-0.3, -0.25) is 19.7 Å². The van der Waals surface area contributed by atoms with Gasteiger partial charge in [0.05, 0.1) is 26.9 Å². The summed E-state index contributed by atoms with van der Waals surface area (Å²) in [6, 6.07) is 15.6. The number of rotatable bonds is 10. The number of nitro benzene ring substituents is 1. The van der Waals surface area contributed by atoms with Crippen molar-refractivity contribution < 1.29 is 24.7 Å². The third-order valence-corrected chi connectivity index (χ3v) is 9.88. The van der Waals surface area contributed by atoms with E-state index in [1.807, 2.05) is 43.1 Å². The number of thioether (sulfide) groups is 3. The van der Waals surface area contributed by atoms with Crippen LogP contribution >= 0.6 is 35.3 Å². The summed E-state index contributed by atoms with van der Waals surface area (Å²) in [7, 11) is 0. The van der Waals surface area contributed by atoms with Crippen LogP contribution < -0.4 is 11.5 Å². The molecule has 0 bridgehead atoms. The average molecular weight is 709 g/mol. The number of H-pyrrole nitrogens is 3. The van der Waals surface area contributed by atoms with Crippen molar-refractivity contribution in [1.82, 2.24) is 15.0 Å². The lowest BCUT2D eigenvalue weighted by molar-refractivity contribution is -0.383. The molecule has 6 rings (SSSR count). The van der Waals surface area contributed by atoms with Crippen LogP contribution in [0.3, 0.4) is 0 Å². The first kappa shape index (κ1) is 36.4. The molecular formula is C33H36N6O6S3. The molecule has 0 fully saturated rings. The van der Waals surface area contributed by atoms with Crippen LogP contribution in [0.25, 0.3) is 32.7 Å². The summed E-state index contributed by atoms with van der Waals surface area (Å²) in [5.41, 5.74) is 15.4. The molecule has 0 amide bonds. The van der Waals surface area contributed by atoms with Crippen LogP contribution in [0.15, 0.2) is 87.9 Å². The molecule has 0 radical (unpaired) electrons. The molecule has 0 unspecified atom stereocenters. The zero-order chi connectivity index (χ0) is 35.0. The summed E-state index contributed by atoms with van der Waals surface area (Å²) in [5.74, 6) is -2.11. The van der Waals surface area contributed by atoms with Crippen LogP contribution in [-0.2, 0) is 22.4 Å². The molecule has 0 aliphatic rings. The largest absolute Gasteiger partial charge is 0.480 e. The Morgan fingerprint density at radius 1 is 0.750 bits per heavy atom. The maximum Gasteiger partial charge on any atom is 0.320 e. The van der Waals surface area contributed by atoms with Gasteiger partial charge in [-0.25, -0.2) is 0 Å². The number of fused-ring (bicyclic) bond motifs is 3. The topological polar surface area (TPSA) is 217 Å². The van der Waals surface area contributed by atoms with Gasteiger partial charge in [-0.2, -0.15) is 0 Å². The number of para-hydroxylation sites is 2. The van der Waals surface area contributed by atoms with Crippen LogP contribution in [0.2, 0.25) is 0 Å². The highest BCUT2D eigenvalue weighted by molar-refractivity contribution is 7.99. The third kappa shape index (κ3) is 8.35. The summed E-state index contributed by atoms with van der Waals surface area (Å²) >= 11 is 4.89. The van der Waals surface area contributed by atoms with Gasteiger partial charge in [-0.05, 0) is 54.2 Å². The van der Waals surface area contributed by atoms with Gasteiger partial charge in [0, 0.05) is 63.0 Å². The molecule has 48 heavy (non-hydrogen) atoms. The highest BCUT2D eigenvalue weighted by Crippen LogP contribution is 2.35. The summed E-state index contributed by atoms with van der Waals surface area (Å²) in [5, 5.41) is 31.6.